The molecule has 0 saturated carbocycles. The molecule has 1 heteroatoms. The number of rotatable bonds is 5. The van der Waals surface area contributed by atoms with E-state index in [1.54, 1.807) is 0 Å². The van der Waals surface area contributed by atoms with E-state index in [-0.39, 0.29) is 0 Å². The van der Waals surface area contributed by atoms with E-state index in [2.05, 4.69) is 46.4 Å². The lowest BCUT2D eigenvalue weighted by molar-refractivity contribution is 0.216. The van der Waals surface area contributed by atoms with E-state index >= 15 is 0 Å². The van der Waals surface area contributed by atoms with E-state index in [4.69, 9.17) is 0 Å². The molecule has 0 aliphatic rings. The quantitative estimate of drug-likeness (QED) is 0.634. The fourth-order valence-corrected chi connectivity index (χ4v) is 1.39. The van der Waals surface area contributed by atoms with Crippen molar-refractivity contribution in [1.29, 1.82) is 0 Å². The predicted octanol–water partition coefficient (Wildman–Crippen LogP) is 3.40. The second kappa shape index (κ2) is 5.64. The summed E-state index contributed by atoms with van der Waals surface area (Å²) in [6.45, 7) is 17.5. The molecule has 0 aliphatic heterocycles. The van der Waals surface area contributed by atoms with Gasteiger partial charge in [0.05, 0.1) is 0 Å². The largest absolute Gasteiger partial charge is 0.303 e. The summed E-state index contributed by atoms with van der Waals surface area (Å²) in [6, 6.07) is 0. The second-order valence-electron chi connectivity index (χ2n) is 5.60. The van der Waals surface area contributed by atoms with Crippen LogP contribution in [0.1, 0.15) is 48.0 Å². The summed E-state index contributed by atoms with van der Waals surface area (Å²) >= 11 is 0. The molecule has 0 aromatic heterocycles. The van der Waals surface area contributed by atoms with Crippen molar-refractivity contribution in [3.63, 3.8) is 0 Å². The van der Waals surface area contributed by atoms with Crippen molar-refractivity contribution in [2.24, 2.45) is 11.3 Å². The Morgan fingerprint density at radius 2 is 1.69 bits per heavy atom. The molecule has 0 fully saturated rings. The molecule has 0 unspecified atom stereocenters. The molecule has 0 atom stereocenters. The molecule has 13 heavy (non-hydrogen) atoms. The fourth-order valence-electron chi connectivity index (χ4n) is 1.39. The van der Waals surface area contributed by atoms with Gasteiger partial charge in [0.2, 0.25) is 0 Å². The Kier molecular flexibility index (Phi) is 5.62. The highest BCUT2D eigenvalue weighted by Gasteiger charge is 2.12. The minimum absolute atomic E-state index is 0.477. The van der Waals surface area contributed by atoms with Crippen LogP contribution in [-0.4, -0.2) is 24.5 Å². The van der Waals surface area contributed by atoms with Gasteiger partial charge in [-0.3, -0.25) is 0 Å². The summed E-state index contributed by atoms with van der Waals surface area (Å²) in [5.41, 5.74) is 0.477. The number of nitrogens with zero attached hydrogens (tertiary/aromatic N) is 1. The highest BCUT2D eigenvalue weighted by molar-refractivity contribution is 4.66. The maximum absolute atomic E-state index is 2.55. The lowest BCUT2D eigenvalue weighted by Gasteiger charge is -2.26. The molecule has 0 rings (SSSR count). The van der Waals surface area contributed by atoms with Gasteiger partial charge in [0.15, 0.2) is 0 Å². The minimum atomic E-state index is 0.477. The van der Waals surface area contributed by atoms with Crippen LogP contribution >= 0.6 is 0 Å². The molecule has 80 valence electrons. The first-order valence-corrected chi connectivity index (χ1v) is 5.57. The summed E-state index contributed by atoms with van der Waals surface area (Å²) in [4.78, 5) is 2.55. The molecular weight excluding hydrogens is 158 g/mol. The zero-order valence-corrected chi connectivity index (χ0v) is 10.4. The number of hydrogen-bond donors (Lipinski definition) is 0. The molecule has 0 aromatic rings. The van der Waals surface area contributed by atoms with Crippen LogP contribution in [0.5, 0.6) is 0 Å². The smallest absolute Gasteiger partial charge is 0.000427 e. The molecule has 1 nitrogen and oxygen atoms in total. The molecule has 0 spiro atoms. The van der Waals surface area contributed by atoms with E-state index in [9.17, 15) is 0 Å². The van der Waals surface area contributed by atoms with Crippen LogP contribution in [0.2, 0.25) is 0 Å². The zero-order chi connectivity index (χ0) is 10.5. The molecular formula is C12H27N. The minimum Gasteiger partial charge on any atom is -0.303 e. The first-order valence-electron chi connectivity index (χ1n) is 5.57. The standard InChI is InChI=1S/C12H27N/c1-7-13(10-11(2)3)9-8-12(4,5)6/h11H,7-10H2,1-6H3. The Bertz CT molecular complexity index is 122. The Balaban J connectivity index is 3.72. The highest BCUT2D eigenvalue weighted by Crippen LogP contribution is 2.18. The third-order valence-corrected chi connectivity index (χ3v) is 2.25. The lowest BCUT2D eigenvalue weighted by Crippen LogP contribution is -2.30. The van der Waals surface area contributed by atoms with Gasteiger partial charge in [-0.05, 0) is 30.8 Å². The first kappa shape index (κ1) is 13.0. The summed E-state index contributed by atoms with van der Waals surface area (Å²) < 4.78 is 0. The Labute approximate surface area is 84.5 Å². The molecule has 0 heterocycles. The van der Waals surface area contributed by atoms with Crippen LogP contribution in [0.15, 0.2) is 0 Å². The van der Waals surface area contributed by atoms with Gasteiger partial charge in [-0.15, -0.1) is 0 Å². The zero-order valence-electron chi connectivity index (χ0n) is 10.4. The van der Waals surface area contributed by atoms with Crippen LogP contribution in [0.4, 0.5) is 0 Å². The summed E-state index contributed by atoms with van der Waals surface area (Å²) in [6.07, 6.45) is 1.30. The molecule has 0 N–H and O–H groups in total. The predicted molar refractivity (Wildman–Crippen MR) is 61.0 cm³/mol. The Morgan fingerprint density at radius 3 is 2.00 bits per heavy atom. The summed E-state index contributed by atoms with van der Waals surface area (Å²) in [5.74, 6) is 0.792. The van der Waals surface area contributed by atoms with E-state index in [1.165, 1.54) is 26.1 Å². The Morgan fingerprint density at radius 1 is 1.15 bits per heavy atom. The average Bonchev–Trinajstić information content (AvgIpc) is 1.95. The third-order valence-electron chi connectivity index (χ3n) is 2.25. The van der Waals surface area contributed by atoms with Gasteiger partial charge >= 0.3 is 0 Å². The number of hydrogen-bond acceptors (Lipinski definition) is 1. The third kappa shape index (κ3) is 8.29. The Hall–Kier alpha value is -0.0400. The molecule has 0 bridgehead atoms. The van der Waals surface area contributed by atoms with Crippen LogP contribution < -0.4 is 0 Å². The van der Waals surface area contributed by atoms with Crippen molar-refractivity contribution < 1.29 is 0 Å². The maximum Gasteiger partial charge on any atom is 0.000427 e. The van der Waals surface area contributed by atoms with Gasteiger partial charge in [0, 0.05) is 6.54 Å². The first-order chi connectivity index (χ1) is 5.85. The molecule has 0 saturated heterocycles. The van der Waals surface area contributed by atoms with Gasteiger partial charge < -0.3 is 4.90 Å². The molecule has 0 amide bonds. The average molecular weight is 185 g/mol. The normalized spacial score (nSPS) is 12.9. The van der Waals surface area contributed by atoms with E-state index in [0.717, 1.165) is 5.92 Å². The highest BCUT2D eigenvalue weighted by atomic mass is 15.1. The van der Waals surface area contributed by atoms with E-state index in [1.807, 2.05) is 0 Å². The van der Waals surface area contributed by atoms with Gasteiger partial charge in [-0.25, -0.2) is 0 Å². The second-order valence-corrected chi connectivity index (χ2v) is 5.60. The van der Waals surface area contributed by atoms with Crippen LogP contribution in [-0.2, 0) is 0 Å². The maximum atomic E-state index is 2.55. The monoisotopic (exact) mass is 185 g/mol. The molecule has 0 aliphatic carbocycles. The van der Waals surface area contributed by atoms with Gasteiger partial charge in [0.1, 0.15) is 0 Å². The van der Waals surface area contributed by atoms with Crippen LogP contribution in [0, 0.1) is 11.3 Å². The van der Waals surface area contributed by atoms with Crippen molar-refractivity contribution in [1.82, 2.24) is 4.90 Å². The van der Waals surface area contributed by atoms with Gasteiger partial charge in [-0.1, -0.05) is 41.5 Å². The van der Waals surface area contributed by atoms with E-state index < -0.39 is 0 Å². The van der Waals surface area contributed by atoms with Crippen LogP contribution in [0.3, 0.4) is 0 Å². The van der Waals surface area contributed by atoms with Crippen LogP contribution in [0.25, 0.3) is 0 Å². The fraction of sp³-hybridized carbons (Fsp3) is 1.00. The van der Waals surface area contributed by atoms with Crippen molar-refractivity contribution >= 4 is 0 Å². The molecule has 0 radical (unpaired) electrons. The van der Waals surface area contributed by atoms with E-state index in [0.29, 0.717) is 5.41 Å². The summed E-state index contributed by atoms with van der Waals surface area (Å²) in [7, 11) is 0. The van der Waals surface area contributed by atoms with Crippen molar-refractivity contribution in [3.05, 3.63) is 0 Å². The van der Waals surface area contributed by atoms with Crippen molar-refractivity contribution in [2.45, 2.75) is 48.0 Å². The SMILES string of the molecule is CCN(CCC(C)(C)C)CC(C)C. The van der Waals surface area contributed by atoms with Crippen molar-refractivity contribution in [3.8, 4) is 0 Å². The van der Waals surface area contributed by atoms with Gasteiger partial charge in [-0.2, -0.15) is 0 Å². The molecule has 0 aromatic carbocycles. The van der Waals surface area contributed by atoms with Gasteiger partial charge in [0.25, 0.3) is 0 Å². The topological polar surface area (TPSA) is 3.24 Å². The lowest BCUT2D eigenvalue weighted by atomic mass is 9.92. The summed E-state index contributed by atoms with van der Waals surface area (Å²) in [5, 5.41) is 0. The van der Waals surface area contributed by atoms with Crippen molar-refractivity contribution in [2.75, 3.05) is 19.6 Å².